The zero-order valence-corrected chi connectivity index (χ0v) is 7.80. The molecule has 0 saturated heterocycles. The summed E-state index contributed by atoms with van der Waals surface area (Å²) in [6.07, 6.45) is 4.04. The minimum Gasteiger partial charge on any atom is -0.369 e. The van der Waals surface area contributed by atoms with E-state index >= 15 is 0 Å². The lowest BCUT2D eigenvalue weighted by Gasteiger charge is -2.10. The number of quaternary nitrogens is 1. The van der Waals surface area contributed by atoms with Gasteiger partial charge in [-0.3, -0.25) is 0 Å². The summed E-state index contributed by atoms with van der Waals surface area (Å²) in [7, 11) is 0. The Morgan fingerprint density at radius 3 is 2.50 bits per heavy atom. The number of hydrogen-bond acceptors (Lipinski definition) is 3. The van der Waals surface area contributed by atoms with E-state index in [0.717, 1.165) is 18.5 Å². The Balaban J connectivity index is 2.41. The van der Waals surface area contributed by atoms with Gasteiger partial charge in [0.05, 0.1) is 11.9 Å². The van der Waals surface area contributed by atoms with Crippen LogP contribution in [-0.2, 0) is 0 Å². The fraction of sp³-hybridized carbons (Fsp3) is 0.750. The molecule has 1 fully saturated rings. The maximum absolute atomic E-state index is 5.84. The molecule has 0 aliphatic heterocycles. The first-order valence-corrected chi connectivity index (χ1v) is 4.39. The molecule has 4 heteroatoms. The van der Waals surface area contributed by atoms with Crippen LogP contribution in [0.25, 0.3) is 0 Å². The molecule has 1 rings (SSSR count). The first kappa shape index (κ1) is 9.51. The topological polar surface area (TPSA) is 80.7 Å². The van der Waals surface area contributed by atoms with Crippen molar-refractivity contribution in [2.24, 2.45) is 17.5 Å². The summed E-state index contributed by atoms with van der Waals surface area (Å²) in [5.41, 5.74) is 8.44. The molecule has 0 aromatic carbocycles. The Labute approximate surface area is 73.3 Å². The highest BCUT2D eigenvalue weighted by Crippen LogP contribution is 2.28. The third-order valence-electron chi connectivity index (χ3n) is 2.17. The van der Waals surface area contributed by atoms with Gasteiger partial charge >= 0.3 is 0 Å². The monoisotopic (exact) mass is 171 g/mol. The molecule has 12 heavy (non-hydrogen) atoms. The van der Waals surface area contributed by atoms with Crippen LogP contribution in [0.5, 0.6) is 0 Å². The third kappa shape index (κ3) is 2.48. The fourth-order valence-corrected chi connectivity index (χ4v) is 0.913. The molecule has 0 heterocycles. The lowest BCUT2D eigenvalue weighted by atomic mass is 10.1. The molecule has 0 aromatic rings. The molecule has 0 aromatic heterocycles. The van der Waals surface area contributed by atoms with Gasteiger partial charge in [0.25, 0.3) is 0 Å². The van der Waals surface area contributed by atoms with Gasteiger partial charge < -0.3 is 11.1 Å². The van der Waals surface area contributed by atoms with E-state index in [1.165, 1.54) is 0 Å². The molecule has 1 saturated carbocycles. The van der Waals surface area contributed by atoms with E-state index in [-0.39, 0.29) is 5.66 Å². The Morgan fingerprint density at radius 1 is 1.58 bits per heavy atom. The van der Waals surface area contributed by atoms with E-state index in [4.69, 9.17) is 11.6 Å². The van der Waals surface area contributed by atoms with Crippen LogP contribution >= 0.6 is 0 Å². The molecule has 0 atom stereocenters. The van der Waals surface area contributed by atoms with Crippen LogP contribution in [0.1, 0.15) is 26.7 Å². The largest absolute Gasteiger partial charge is 0.369 e. The fourth-order valence-electron chi connectivity index (χ4n) is 0.913. The minimum absolute atomic E-state index is 0.136. The summed E-state index contributed by atoms with van der Waals surface area (Å²) in [6, 6.07) is 0. The molecular formula is C8H19N4+. The van der Waals surface area contributed by atoms with Gasteiger partial charge in [-0.1, -0.05) is 13.8 Å². The van der Waals surface area contributed by atoms with Crippen molar-refractivity contribution < 1.29 is 5.43 Å². The number of hydrogen-bond donors (Lipinski definition) is 4. The van der Waals surface area contributed by atoms with E-state index in [1.807, 2.05) is 6.20 Å². The maximum atomic E-state index is 5.84. The summed E-state index contributed by atoms with van der Waals surface area (Å²) in [6.45, 7) is 4.21. The average Bonchev–Trinajstić information content (AvgIpc) is 2.69. The van der Waals surface area contributed by atoms with Gasteiger partial charge in [-0.2, -0.15) is 5.84 Å². The second kappa shape index (κ2) is 3.43. The molecule has 4 nitrogen and oxygen atoms in total. The summed E-state index contributed by atoms with van der Waals surface area (Å²) < 4.78 is 0. The summed E-state index contributed by atoms with van der Waals surface area (Å²) in [4.78, 5) is 0. The van der Waals surface area contributed by atoms with E-state index in [1.54, 1.807) is 5.43 Å². The zero-order chi connectivity index (χ0) is 9.19. The molecule has 0 radical (unpaired) electrons. The molecule has 0 amide bonds. The first-order valence-electron chi connectivity index (χ1n) is 4.39. The van der Waals surface area contributed by atoms with Gasteiger partial charge in [0.2, 0.25) is 0 Å². The molecule has 70 valence electrons. The molecule has 0 spiro atoms. The van der Waals surface area contributed by atoms with Gasteiger partial charge in [-0.25, -0.2) is 5.43 Å². The van der Waals surface area contributed by atoms with Gasteiger partial charge in [-0.05, 0) is 12.8 Å². The smallest absolute Gasteiger partial charge is 0.143 e. The molecular weight excluding hydrogens is 152 g/mol. The standard InChI is InChI=1S/C8H18N4/c1-6(2)7(12-10)5-11-8(9)3-4-8/h5-6,11-12H,3-4,9-10H2,1-2H3/p+1. The number of nitrogens with two attached hydrogens (primary N) is 3. The van der Waals surface area contributed by atoms with Gasteiger partial charge in [0.15, 0.2) is 0 Å². The Hall–Kier alpha value is -0.580. The van der Waals surface area contributed by atoms with E-state index in [9.17, 15) is 0 Å². The zero-order valence-electron chi connectivity index (χ0n) is 7.80. The molecule has 1 aliphatic carbocycles. The average molecular weight is 171 g/mol. The van der Waals surface area contributed by atoms with Gasteiger partial charge in [0, 0.05) is 5.92 Å². The van der Waals surface area contributed by atoms with Crippen LogP contribution in [-0.4, -0.2) is 5.66 Å². The van der Waals surface area contributed by atoms with E-state index in [0.29, 0.717) is 5.92 Å². The van der Waals surface area contributed by atoms with Crippen molar-refractivity contribution in [1.82, 2.24) is 5.32 Å². The van der Waals surface area contributed by atoms with Crippen LogP contribution in [0.15, 0.2) is 11.9 Å². The van der Waals surface area contributed by atoms with E-state index < -0.39 is 0 Å². The van der Waals surface area contributed by atoms with Crippen molar-refractivity contribution in [2.45, 2.75) is 32.4 Å². The minimum atomic E-state index is -0.136. The maximum Gasteiger partial charge on any atom is 0.143 e. The third-order valence-corrected chi connectivity index (χ3v) is 2.17. The predicted octanol–water partition coefficient (Wildman–Crippen LogP) is -1.04. The highest BCUT2D eigenvalue weighted by atomic mass is 15.2. The Morgan fingerprint density at radius 2 is 2.17 bits per heavy atom. The second-order valence-corrected chi connectivity index (χ2v) is 3.77. The number of rotatable bonds is 4. The Bertz CT molecular complexity index is 181. The number of allylic oxidation sites excluding steroid dienone is 1. The van der Waals surface area contributed by atoms with E-state index in [2.05, 4.69) is 19.2 Å². The highest BCUT2D eigenvalue weighted by molar-refractivity contribution is 5.03. The second-order valence-electron chi connectivity index (χ2n) is 3.77. The van der Waals surface area contributed by atoms with Crippen molar-refractivity contribution in [2.75, 3.05) is 0 Å². The van der Waals surface area contributed by atoms with Crippen molar-refractivity contribution in [1.29, 1.82) is 0 Å². The SMILES string of the molecule is CC(C)C(=CNC1(N)CC1)[NH2+]N. The van der Waals surface area contributed by atoms with Crippen molar-refractivity contribution >= 4 is 0 Å². The highest BCUT2D eigenvalue weighted by Gasteiger charge is 2.37. The van der Waals surface area contributed by atoms with Crippen molar-refractivity contribution in [3.8, 4) is 0 Å². The first-order chi connectivity index (χ1) is 5.57. The van der Waals surface area contributed by atoms with Gasteiger partial charge in [0.1, 0.15) is 5.70 Å². The van der Waals surface area contributed by atoms with Crippen LogP contribution in [0, 0.1) is 5.92 Å². The van der Waals surface area contributed by atoms with Crippen LogP contribution < -0.4 is 22.3 Å². The molecule has 7 N–H and O–H groups in total. The van der Waals surface area contributed by atoms with Crippen LogP contribution in [0.3, 0.4) is 0 Å². The summed E-state index contributed by atoms with van der Waals surface area (Å²) in [5.74, 6) is 5.90. The van der Waals surface area contributed by atoms with Gasteiger partial charge in [-0.15, -0.1) is 0 Å². The molecule has 0 unspecified atom stereocenters. The number of nitrogens with one attached hydrogen (secondary N) is 1. The Kier molecular flexibility index (Phi) is 2.72. The van der Waals surface area contributed by atoms with Crippen molar-refractivity contribution in [3.63, 3.8) is 0 Å². The van der Waals surface area contributed by atoms with Crippen LogP contribution in [0.4, 0.5) is 0 Å². The van der Waals surface area contributed by atoms with Crippen LogP contribution in [0.2, 0.25) is 0 Å². The predicted molar refractivity (Wildman–Crippen MR) is 48.3 cm³/mol. The lowest BCUT2D eigenvalue weighted by Crippen LogP contribution is -2.90. The summed E-state index contributed by atoms with van der Waals surface area (Å²) >= 11 is 0. The quantitative estimate of drug-likeness (QED) is 0.248. The normalized spacial score (nSPS) is 21.2. The summed E-state index contributed by atoms with van der Waals surface area (Å²) in [5, 5.41) is 3.17. The lowest BCUT2D eigenvalue weighted by molar-refractivity contribution is -0.625. The molecule has 0 bridgehead atoms. The van der Waals surface area contributed by atoms with Crippen molar-refractivity contribution in [3.05, 3.63) is 11.9 Å². The molecule has 1 aliphatic rings.